The number of H-pyrrole nitrogens is 2. The summed E-state index contributed by atoms with van der Waals surface area (Å²) in [6.45, 7) is 4.52. The van der Waals surface area contributed by atoms with Crippen molar-refractivity contribution in [2.24, 2.45) is 0 Å². The Kier molecular flexibility index (Phi) is 13.8. The highest BCUT2D eigenvalue weighted by atomic mass is 32.1. The third-order valence-corrected chi connectivity index (χ3v) is 11.9. The van der Waals surface area contributed by atoms with Crippen molar-refractivity contribution in [1.82, 2.24) is 19.9 Å². The van der Waals surface area contributed by atoms with Crippen LogP contribution in [0.4, 0.5) is 0 Å². The number of aromatic amines is 2. The first-order chi connectivity index (χ1) is 25.6. The Labute approximate surface area is 316 Å². The Morgan fingerprint density at radius 2 is 0.923 bits per heavy atom. The van der Waals surface area contributed by atoms with Crippen LogP contribution in [0.15, 0.2) is 60.9 Å². The van der Waals surface area contributed by atoms with Gasteiger partial charge in [0.15, 0.2) is 0 Å². The third-order valence-electron chi connectivity index (χ3n) is 9.89. The van der Waals surface area contributed by atoms with E-state index in [1.807, 2.05) is 48.8 Å². The van der Waals surface area contributed by atoms with Crippen molar-refractivity contribution in [1.29, 1.82) is 0 Å². The Morgan fingerprint density at radius 3 is 1.33 bits per heavy atom. The Hall–Kier alpha value is -4.14. The number of rotatable bonds is 20. The second-order valence-corrected chi connectivity index (χ2v) is 16.3. The summed E-state index contributed by atoms with van der Waals surface area (Å²) < 4.78 is 0. The van der Waals surface area contributed by atoms with Crippen molar-refractivity contribution < 1.29 is 10.2 Å². The predicted octanol–water partition coefficient (Wildman–Crippen LogP) is 11.4. The van der Waals surface area contributed by atoms with Crippen molar-refractivity contribution >= 4 is 45.6 Å². The zero-order chi connectivity index (χ0) is 36.1. The summed E-state index contributed by atoms with van der Waals surface area (Å²) in [6.07, 6.45) is 28.4. The molecule has 0 radical (unpaired) electrons. The molecule has 274 valence electrons. The molecule has 52 heavy (non-hydrogen) atoms. The molecule has 0 amide bonds. The lowest BCUT2D eigenvalue weighted by molar-refractivity contribution is 0.476. The predicted molar refractivity (Wildman–Crippen MR) is 221 cm³/mol. The van der Waals surface area contributed by atoms with Gasteiger partial charge in [0.2, 0.25) is 0 Å². The van der Waals surface area contributed by atoms with Gasteiger partial charge < -0.3 is 20.2 Å². The van der Waals surface area contributed by atoms with Crippen molar-refractivity contribution in [3.05, 3.63) is 91.4 Å². The number of nitrogens with one attached hydrogen (secondary N) is 2. The summed E-state index contributed by atoms with van der Waals surface area (Å²) >= 11 is 3.47. The van der Waals surface area contributed by atoms with Gasteiger partial charge in [0.25, 0.3) is 0 Å². The fourth-order valence-electron chi connectivity index (χ4n) is 7.07. The van der Waals surface area contributed by atoms with E-state index in [2.05, 4.69) is 36.0 Å². The van der Waals surface area contributed by atoms with Crippen molar-refractivity contribution in [3.63, 3.8) is 0 Å². The van der Waals surface area contributed by atoms with Gasteiger partial charge >= 0.3 is 0 Å². The molecule has 6 nitrogen and oxygen atoms in total. The van der Waals surface area contributed by atoms with E-state index in [-0.39, 0.29) is 11.5 Å². The number of phenols is 2. The van der Waals surface area contributed by atoms with Gasteiger partial charge in [0.05, 0.1) is 22.1 Å². The van der Waals surface area contributed by atoms with Crippen LogP contribution in [0.25, 0.3) is 45.4 Å². The first-order valence-corrected chi connectivity index (χ1v) is 21.1. The average Bonchev–Trinajstić information content (AvgIpc) is 3.95. The lowest BCUT2D eigenvalue weighted by atomic mass is 10.0. The molecule has 0 saturated heterocycles. The van der Waals surface area contributed by atoms with E-state index < -0.39 is 0 Å². The number of fused-ring (bicyclic) bond motifs is 1. The van der Waals surface area contributed by atoms with Crippen molar-refractivity contribution in [2.75, 3.05) is 0 Å². The van der Waals surface area contributed by atoms with Gasteiger partial charge in [-0.2, -0.15) is 0 Å². The van der Waals surface area contributed by atoms with Crippen LogP contribution in [0, 0.1) is 0 Å². The Bertz CT molecular complexity index is 1980. The van der Waals surface area contributed by atoms with E-state index in [0.717, 1.165) is 55.7 Å². The number of nitrogens with zero attached hydrogens (tertiary/aromatic N) is 2. The van der Waals surface area contributed by atoms with E-state index in [9.17, 15) is 10.2 Å². The second-order valence-electron chi connectivity index (χ2n) is 14.0. The molecule has 6 rings (SSSR count). The van der Waals surface area contributed by atoms with Crippen LogP contribution in [0.3, 0.4) is 0 Å². The lowest BCUT2D eigenvalue weighted by Gasteiger charge is -2.02. The van der Waals surface area contributed by atoms with Crippen LogP contribution in [-0.2, 0) is 12.8 Å². The highest BCUT2D eigenvalue weighted by molar-refractivity contribution is 7.12. The summed E-state index contributed by atoms with van der Waals surface area (Å²) in [5.41, 5.74) is 3.04. The minimum Gasteiger partial charge on any atom is -0.507 e. The summed E-state index contributed by atoms with van der Waals surface area (Å²) in [5.74, 6) is 0.400. The number of aryl methyl sites for hydroxylation is 2. The number of unbranched alkanes of at least 4 members (excludes halogenated alkanes) is 12. The van der Waals surface area contributed by atoms with Crippen LogP contribution in [0.2, 0.25) is 0 Å². The van der Waals surface area contributed by atoms with Gasteiger partial charge in [0.1, 0.15) is 21.5 Å². The number of benzene rings is 2. The minimum absolute atomic E-state index is 0.200. The Balaban J connectivity index is 1.37. The van der Waals surface area contributed by atoms with Crippen LogP contribution in [0.5, 0.6) is 11.5 Å². The number of hydrogen-bond donors (Lipinski definition) is 4. The first kappa shape index (κ1) is 37.6. The van der Waals surface area contributed by atoms with Crippen LogP contribution in [-0.4, -0.2) is 30.1 Å². The molecule has 4 aromatic heterocycles. The number of thiazole rings is 2. The molecule has 8 heteroatoms. The summed E-state index contributed by atoms with van der Waals surface area (Å²) in [7, 11) is 0. The number of para-hydroxylation sites is 2. The Morgan fingerprint density at radius 1 is 0.538 bits per heavy atom. The summed E-state index contributed by atoms with van der Waals surface area (Å²) in [5, 5.41) is 27.7. The fraction of sp³-hybridized carbons (Fsp3) is 0.409. The van der Waals surface area contributed by atoms with Gasteiger partial charge in [-0.3, -0.25) is 0 Å². The van der Waals surface area contributed by atoms with Gasteiger partial charge in [-0.05, 0) is 62.1 Å². The molecule has 2 aromatic carbocycles. The SMILES string of the molecule is CCCCCCCCCc1cnc(/C=c2\[nH]c(-c3ccccc3O)c3/c(=C/c4ncc(CCCCCCCCC)s4)[nH]c(-c4ccccc4O)c23)s1. The third kappa shape index (κ3) is 9.64. The van der Waals surface area contributed by atoms with E-state index in [1.54, 1.807) is 34.8 Å². The van der Waals surface area contributed by atoms with Gasteiger partial charge in [-0.15, -0.1) is 22.7 Å². The molecule has 0 atom stereocenters. The molecule has 0 aliphatic heterocycles. The van der Waals surface area contributed by atoms with E-state index in [0.29, 0.717) is 11.1 Å². The zero-order valence-electron chi connectivity index (χ0n) is 30.8. The maximum atomic E-state index is 11.1. The molecule has 0 aliphatic carbocycles. The highest BCUT2D eigenvalue weighted by Crippen LogP contribution is 2.37. The molecule has 4 N–H and O–H groups in total. The molecule has 0 fully saturated rings. The largest absolute Gasteiger partial charge is 0.507 e. The normalized spacial score (nSPS) is 12.5. The molecule has 0 saturated carbocycles. The standard InChI is InChI=1S/C44H54N4O2S2/c1-3-5-7-9-11-13-15-21-31-29-45-39(51-31)27-35-41-42(44(47-35)34-24-18-20-26-38(34)50)36(48-43(41)33-23-17-19-25-37(33)49)28-40-46-30-32(52-40)22-16-14-12-10-8-6-4-2/h17-20,23-30,47-50H,3-16,21-22H2,1-2H3/b35-27-,36-28-. The summed E-state index contributed by atoms with van der Waals surface area (Å²) in [4.78, 5) is 19.6. The maximum absolute atomic E-state index is 11.1. The molecule has 0 aliphatic rings. The minimum atomic E-state index is 0.200. The molecule has 6 aromatic rings. The van der Waals surface area contributed by atoms with E-state index in [4.69, 9.17) is 9.97 Å². The monoisotopic (exact) mass is 734 g/mol. The molecule has 4 heterocycles. The smallest absolute Gasteiger partial charge is 0.124 e. The van der Waals surface area contributed by atoms with Crippen LogP contribution >= 0.6 is 22.7 Å². The summed E-state index contributed by atoms with van der Waals surface area (Å²) in [6, 6.07) is 14.9. The zero-order valence-corrected chi connectivity index (χ0v) is 32.5. The number of aromatic nitrogens is 4. The first-order valence-electron chi connectivity index (χ1n) is 19.5. The number of hydrogen-bond acceptors (Lipinski definition) is 6. The van der Waals surface area contributed by atoms with Crippen LogP contribution in [0.1, 0.15) is 124 Å². The van der Waals surface area contributed by atoms with Crippen LogP contribution < -0.4 is 10.7 Å². The van der Waals surface area contributed by atoms with Gasteiger partial charge in [0, 0.05) is 44.0 Å². The van der Waals surface area contributed by atoms with E-state index >= 15 is 0 Å². The molecular weight excluding hydrogens is 681 g/mol. The van der Waals surface area contributed by atoms with E-state index in [1.165, 1.54) is 99.6 Å². The number of phenolic OH excluding ortho intramolecular Hbond substituents is 2. The maximum Gasteiger partial charge on any atom is 0.124 e. The molecular formula is C44H54N4O2S2. The second kappa shape index (κ2) is 19.1. The van der Waals surface area contributed by atoms with Crippen molar-refractivity contribution in [3.8, 4) is 34.0 Å². The fourth-order valence-corrected chi connectivity index (χ4v) is 8.87. The van der Waals surface area contributed by atoms with Gasteiger partial charge in [-0.25, -0.2) is 9.97 Å². The lowest BCUT2D eigenvalue weighted by Crippen LogP contribution is -2.05. The highest BCUT2D eigenvalue weighted by Gasteiger charge is 2.21. The quantitative estimate of drug-likeness (QED) is 0.0587. The number of aromatic hydroxyl groups is 2. The molecule has 0 bridgehead atoms. The molecule has 0 unspecified atom stereocenters. The molecule has 0 spiro atoms. The van der Waals surface area contributed by atoms with Gasteiger partial charge in [-0.1, -0.05) is 115 Å². The topological polar surface area (TPSA) is 97.8 Å². The average molecular weight is 735 g/mol. The van der Waals surface area contributed by atoms with Crippen molar-refractivity contribution in [2.45, 2.75) is 117 Å².